The van der Waals surface area contributed by atoms with Crippen LogP contribution < -0.4 is 10.2 Å². The Labute approximate surface area is 183 Å². The van der Waals surface area contributed by atoms with E-state index in [1.54, 1.807) is 17.8 Å². The third-order valence-corrected chi connectivity index (χ3v) is 7.89. The summed E-state index contributed by atoms with van der Waals surface area (Å²) < 4.78 is 28.7. The molecule has 2 aliphatic rings. The van der Waals surface area contributed by atoms with Crippen molar-refractivity contribution in [3.8, 4) is 0 Å². The summed E-state index contributed by atoms with van der Waals surface area (Å²) in [6, 6.07) is 5.30. The second-order valence-corrected chi connectivity index (χ2v) is 10.2. The highest BCUT2D eigenvalue weighted by Crippen LogP contribution is 2.23. The Hall–Kier alpha value is -2.43. The lowest BCUT2D eigenvalue weighted by molar-refractivity contribution is 0.0943. The molecule has 0 aromatic carbocycles. The molecule has 0 unspecified atom stereocenters. The Balaban J connectivity index is 1.46. The van der Waals surface area contributed by atoms with Crippen molar-refractivity contribution in [2.45, 2.75) is 24.3 Å². The van der Waals surface area contributed by atoms with Gasteiger partial charge < -0.3 is 19.7 Å². The van der Waals surface area contributed by atoms with E-state index in [4.69, 9.17) is 0 Å². The number of rotatable bonds is 6. The molecule has 9 nitrogen and oxygen atoms in total. The van der Waals surface area contributed by atoms with Crippen LogP contribution in [0.4, 0.5) is 5.82 Å². The monoisotopic (exact) mass is 446 g/mol. The molecule has 1 amide bonds. The molecular weight excluding hydrogens is 416 g/mol. The van der Waals surface area contributed by atoms with E-state index in [1.807, 2.05) is 12.1 Å². The van der Waals surface area contributed by atoms with Gasteiger partial charge in [0, 0.05) is 70.8 Å². The first kappa shape index (κ1) is 21.8. The number of amides is 1. The number of aromatic nitrogens is 2. The van der Waals surface area contributed by atoms with Crippen molar-refractivity contribution in [2.24, 2.45) is 7.05 Å². The highest BCUT2D eigenvalue weighted by molar-refractivity contribution is 7.89. The maximum absolute atomic E-state index is 12.8. The maximum Gasteiger partial charge on any atom is 0.268 e. The summed E-state index contributed by atoms with van der Waals surface area (Å²) >= 11 is 0. The average Bonchev–Trinajstić information content (AvgIpc) is 3.44. The second-order valence-electron chi connectivity index (χ2n) is 8.24. The van der Waals surface area contributed by atoms with Crippen LogP contribution in [-0.4, -0.2) is 79.4 Å². The number of aryl methyl sites for hydroxylation is 1. The maximum atomic E-state index is 12.8. The summed E-state index contributed by atoms with van der Waals surface area (Å²) in [6.07, 6.45) is 5.04. The predicted molar refractivity (Wildman–Crippen MR) is 119 cm³/mol. The third-order valence-electron chi connectivity index (χ3n) is 6.03. The SMILES string of the molecule is CN1CCN(c2ncccc2CNC(=O)c2cc(S(=O)(=O)N3CCCC3)cn2C)CC1. The molecule has 31 heavy (non-hydrogen) atoms. The molecule has 4 heterocycles. The van der Waals surface area contributed by atoms with Gasteiger partial charge in [0.15, 0.2) is 0 Å². The van der Waals surface area contributed by atoms with Gasteiger partial charge in [0.2, 0.25) is 10.0 Å². The van der Waals surface area contributed by atoms with Crippen molar-refractivity contribution < 1.29 is 13.2 Å². The molecule has 0 spiro atoms. The van der Waals surface area contributed by atoms with Crippen LogP contribution in [-0.2, 0) is 23.6 Å². The Bertz CT molecular complexity index is 1040. The molecular formula is C21H30N6O3S. The first-order valence-corrected chi connectivity index (χ1v) is 12.1. The fraction of sp³-hybridized carbons (Fsp3) is 0.524. The van der Waals surface area contributed by atoms with Crippen LogP contribution >= 0.6 is 0 Å². The van der Waals surface area contributed by atoms with E-state index in [-0.39, 0.29) is 10.8 Å². The van der Waals surface area contributed by atoms with Crippen LogP contribution in [0.3, 0.4) is 0 Å². The number of likely N-dealkylation sites (N-methyl/N-ethyl adjacent to an activating group) is 1. The molecule has 2 aromatic rings. The topological polar surface area (TPSA) is 90.8 Å². The van der Waals surface area contributed by atoms with E-state index >= 15 is 0 Å². The van der Waals surface area contributed by atoms with Crippen molar-refractivity contribution in [1.29, 1.82) is 0 Å². The molecule has 0 saturated carbocycles. The van der Waals surface area contributed by atoms with Crippen LogP contribution in [0.25, 0.3) is 0 Å². The summed E-state index contributed by atoms with van der Waals surface area (Å²) in [5.74, 6) is 0.582. The molecule has 168 valence electrons. The first-order valence-electron chi connectivity index (χ1n) is 10.7. The number of hydrogen-bond donors (Lipinski definition) is 1. The van der Waals surface area contributed by atoms with Crippen molar-refractivity contribution in [1.82, 2.24) is 24.1 Å². The number of pyridine rings is 1. The van der Waals surface area contributed by atoms with Gasteiger partial charge in [-0.1, -0.05) is 6.07 Å². The fourth-order valence-electron chi connectivity index (χ4n) is 4.12. The summed E-state index contributed by atoms with van der Waals surface area (Å²) in [4.78, 5) is 22.1. The summed E-state index contributed by atoms with van der Waals surface area (Å²) in [7, 11) is 0.243. The van der Waals surface area contributed by atoms with Gasteiger partial charge in [0.25, 0.3) is 5.91 Å². The summed E-state index contributed by atoms with van der Waals surface area (Å²) in [6.45, 7) is 5.13. The number of nitrogens with zero attached hydrogens (tertiary/aromatic N) is 5. The highest BCUT2D eigenvalue weighted by atomic mass is 32.2. The number of carbonyl (C=O) groups is 1. The molecule has 0 bridgehead atoms. The third kappa shape index (κ3) is 4.60. The van der Waals surface area contributed by atoms with Gasteiger partial charge >= 0.3 is 0 Å². The molecule has 2 saturated heterocycles. The minimum Gasteiger partial charge on any atom is -0.354 e. The lowest BCUT2D eigenvalue weighted by atomic mass is 10.2. The van der Waals surface area contributed by atoms with Crippen molar-refractivity contribution >= 4 is 21.7 Å². The largest absolute Gasteiger partial charge is 0.354 e. The van der Waals surface area contributed by atoms with Crippen LogP contribution in [0.5, 0.6) is 0 Å². The molecule has 0 atom stereocenters. The smallest absolute Gasteiger partial charge is 0.268 e. The number of hydrogen-bond acceptors (Lipinski definition) is 6. The van der Waals surface area contributed by atoms with Crippen LogP contribution in [0.2, 0.25) is 0 Å². The van der Waals surface area contributed by atoms with Gasteiger partial charge in [-0.2, -0.15) is 4.31 Å². The minimum absolute atomic E-state index is 0.168. The quantitative estimate of drug-likeness (QED) is 0.709. The molecule has 2 aromatic heterocycles. The van der Waals surface area contributed by atoms with Gasteiger partial charge in [-0.25, -0.2) is 13.4 Å². The minimum atomic E-state index is -3.55. The van der Waals surface area contributed by atoms with Crippen LogP contribution in [0.15, 0.2) is 35.5 Å². The van der Waals surface area contributed by atoms with E-state index in [0.29, 0.717) is 25.3 Å². The highest BCUT2D eigenvalue weighted by Gasteiger charge is 2.29. The normalized spacial score (nSPS) is 18.5. The van der Waals surface area contributed by atoms with Crippen molar-refractivity contribution in [3.05, 3.63) is 41.9 Å². The van der Waals surface area contributed by atoms with E-state index in [2.05, 4.69) is 27.1 Å². The molecule has 1 N–H and O–H groups in total. The Morgan fingerprint density at radius 2 is 1.81 bits per heavy atom. The van der Waals surface area contributed by atoms with Gasteiger partial charge in [0.05, 0.1) is 0 Å². The van der Waals surface area contributed by atoms with E-state index in [1.165, 1.54) is 16.6 Å². The van der Waals surface area contributed by atoms with Gasteiger partial charge in [-0.05, 0) is 32.0 Å². The molecule has 4 rings (SSSR count). The van der Waals surface area contributed by atoms with Gasteiger partial charge in [0.1, 0.15) is 16.4 Å². The molecule has 0 aliphatic carbocycles. The van der Waals surface area contributed by atoms with E-state index in [9.17, 15) is 13.2 Å². The zero-order valence-electron chi connectivity index (χ0n) is 18.1. The Kier molecular flexibility index (Phi) is 6.31. The number of carbonyl (C=O) groups excluding carboxylic acids is 1. The van der Waals surface area contributed by atoms with Crippen LogP contribution in [0.1, 0.15) is 28.9 Å². The number of anilines is 1. The van der Waals surface area contributed by atoms with Gasteiger partial charge in [-0.3, -0.25) is 4.79 Å². The lowest BCUT2D eigenvalue weighted by Gasteiger charge is -2.34. The second kappa shape index (κ2) is 8.97. The van der Waals surface area contributed by atoms with Crippen molar-refractivity contribution in [3.63, 3.8) is 0 Å². The van der Waals surface area contributed by atoms with E-state index in [0.717, 1.165) is 50.4 Å². The summed E-state index contributed by atoms with van der Waals surface area (Å²) in [5, 5.41) is 2.93. The molecule has 10 heteroatoms. The summed E-state index contributed by atoms with van der Waals surface area (Å²) in [5.41, 5.74) is 1.27. The number of sulfonamides is 1. The van der Waals surface area contributed by atoms with Gasteiger partial charge in [-0.15, -0.1) is 0 Å². The van der Waals surface area contributed by atoms with Crippen molar-refractivity contribution in [2.75, 3.05) is 51.2 Å². The Morgan fingerprint density at radius 1 is 1.10 bits per heavy atom. The molecule has 2 fully saturated rings. The predicted octanol–water partition coefficient (Wildman–Crippen LogP) is 0.886. The lowest BCUT2D eigenvalue weighted by Crippen LogP contribution is -2.45. The number of nitrogens with one attached hydrogen (secondary N) is 1. The molecule has 0 radical (unpaired) electrons. The zero-order valence-corrected chi connectivity index (χ0v) is 18.9. The standard InChI is InChI=1S/C21H30N6O3S/c1-24-10-12-26(13-11-24)20-17(6-5-7-22-20)15-23-21(28)19-14-18(16-25(19)2)31(29,30)27-8-3-4-9-27/h5-7,14,16H,3-4,8-13,15H2,1-2H3,(H,23,28). The van der Waals surface area contributed by atoms with Crippen LogP contribution in [0, 0.1) is 0 Å². The number of piperazine rings is 1. The fourth-order valence-corrected chi connectivity index (χ4v) is 5.70. The Morgan fingerprint density at radius 3 is 2.52 bits per heavy atom. The first-order chi connectivity index (χ1) is 14.9. The zero-order chi connectivity index (χ0) is 22.0. The molecule has 2 aliphatic heterocycles. The van der Waals surface area contributed by atoms with E-state index < -0.39 is 10.0 Å². The average molecular weight is 447 g/mol.